The largest absolute Gasteiger partial charge is 0.395 e. The van der Waals surface area contributed by atoms with Crippen molar-refractivity contribution >= 4 is 6.03 Å². The lowest BCUT2D eigenvalue weighted by Gasteiger charge is -2.16. The van der Waals surface area contributed by atoms with Crippen LogP contribution in [0.15, 0.2) is 0 Å². The van der Waals surface area contributed by atoms with E-state index in [0.717, 1.165) is 12.3 Å². The van der Waals surface area contributed by atoms with Crippen LogP contribution < -0.4 is 10.6 Å². The van der Waals surface area contributed by atoms with Crippen molar-refractivity contribution in [2.45, 2.75) is 51.5 Å². The average Bonchev–Trinajstić information content (AvgIpc) is 2.76. The van der Waals surface area contributed by atoms with Gasteiger partial charge in [-0.25, -0.2) is 4.79 Å². The number of urea groups is 1. The Balaban J connectivity index is 2.05. The molecule has 0 spiro atoms. The molecule has 0 aromatic carbocycles. The Hall–Kier alpha value is -0.770. The van der Waals surface area contributed by atoms with E-state index in [2.05, 4.69) is 10.6 Å². The van der Waals surface area contributed by atoms with Crippen LogP contribution in [-0.4, -0.2) is 30.3 Å². The van der Waals surface area contributed by atoms with Gasteiger partial charge in [0.25, 0.3) is 0 Å². The monoisotopic (exact) mass is 228 g/mol. The summed E-state index contributed by atoms with van der Waals surface area (Å²) in [4.78, 5) is 11.3. The molecule has 1 aliphatic carbocycles. The zero-order valence-corrected chi connectivity index (χ0v) is 10.2. The Bertz CT molecular complexity index is 203. The van der Waals surface area contributed by atoms with Crippen molar-refractivity contribution in [3.05, 3.63) is 0 Å². The summed E-state index contributed by atoms with van der Waals surface area (Å²) in [5.74, 6) is 0.879. The molecule has 0 bridgehead atoms. The molecule has 0 aromatic rings. The molecule has 0 radical (unpaired) electrons. The average molecular weight is 228 g/mol. The maximum atomic E-state index is 11.3. The molecular weight excluding hydrogens is 204 g/mol. The fourth-order valence-corrected chi connectivity index (χ4v) is 2.30. The fourth-order valence-electron chi connectivity index (χ4n) is 2.30. The normalized spacial score (nSPS) is 18.4. The second-order valence-electron chi connectivity index (χ2n) is 4.75. The molecule has 1 unspecified atom stereocenters. The minimum absolute atomic E-state index is 0.0100. The molecule has 0 aromatic heterocycles. The second-order valence-corrected chi connectivity index (χ2v) is 4.75. The lowest BCUT2D eigenvalue weighted by atomic mass is 9.99. The van der Waals surface area contributed by atoms with Crippen molar-refractivity contribution < 1.29 is 9.90 Å². The van der Waals surface area contributed by atoms with Crippen LogP contribution in [0.5, 0.6) is 0 Å². The van der Waals surface area contributed by atoms with Crippen molar-refractivity contribution in [3.63, 3.8) is 0 Å². The summed E-state index contributed by atoms with van der Waals surface area (Å²) < 4.78 is 0. The molecule has 94 valence electrons. The maximum Gasteiger partial charge on any atom is 0.315 e. The summed E-state index contributed by atoms with van der Waals surface area (Å²) in [5.41, 5.74) is 0. The number of carbonyl (C=O) groups is 1. The van der Waals surface area contributed by atoms with Crippen LogP contribution in [0.4, 0.5) is 4.79 Å². The van der Waals surface area contributed by atoms with Crippen LogP contribution in [0.2, 0.25) is 0 Å². The van der Waals surface area contributed by atoms with Crippen LogP contribution in [0, 0.1) is 5.92 Å². The van der Waals surface area contributed by atoms with Crippen LogP contribution in [0.25, 0.3) is 0 Å². The van der Waals surface area contributed by atoms with Gasteiger partial charge in [-0.3, -0.25) is 0 Å². The van der Waals surface area contributed by atoms with Crippen molar-refractivity contribution in [2.75, 3.05) is 13.2 Å². The van der Waals surface area contributed by atoms with Gasteiger partial charge in [0.05, 0.1) is 6.61 Å². The summed E-state index contributed by atoms with van der Waals surface area (Å²) in [5, 5.41) is 14.0. The van der Waals surface area contributed by atoms with E-state index in [-0.39, 0.29) is 18.7 Å². The van der Waals surface area contributed by atoms with E-state index in [0.29, 0.717) is 6.54 Å². The number of rotatable bonds is 6. The number of hydrogen-bond acceptors (Lipinski definition) is 2. The van der Waals surface area contributed by atoms with Gasteiger partial charge in [0.15, 0.2) is 0 Å². The third kappa shape index (κ3) is 5.35. The Kier molecular flexibility index (Phi) is 6.23. The molecule has 1 saturated carbocycles. The molecule has 0 saturated heterocycles. The highest BCUT2D eigenvalue weighted by atomic mass is 16.3. The van der Waals surface area contributed by atoms with Crippen LogP contribution in [-0.2, 0) is 0 Å². The Labute approximate surface area is 97.8 Å². The third-order valence-corrected chi connectivity index (χ3v) is 3.26. The summed E-state index contributed by atoms with van der Waals surface area (Å²) in [6, 6.07) is 0.0484. The molecular formula is C12H24N2O2. The first-order valence-electron chi connectivity index (χ1n) is 6.37. The summed E-state index contributed by atoms with van der Waals surface area (Å²) in [7, 11) is 0. The van der Waals surface area contributed by atoms with Gasteiger partial charge in [-0.1, -0.05) is 25.7 Å². The number of aliphatic hydroxyl groups excluding tert-OH is 1. The van der Waals surface area contributed by atoms with E-state index in [9.17, 15) is 4.79 Å². The number of carbonyl (C=O) groups excluding carboxylic acids is 1. The van der Waals surface area contributed by atoms with E-state index in [4.69, 9.17) is 5.11 Å². The van der Waals surface area contributed by atoms with E-state index >= 15 is 0 Å². The van der Waals surface area contributed by atoms with Gasteiger partial charge in [-0.05, 0) is 25.7 Å². The third-order valence-electron chi connectivity index (χ3n) is 3.26. The van der Waals surface area contributed by atoms with Gasteiger partial charge in [-0.15, -0.1) is 0 Å². The standard InChI is InChI=1S/C12H24N2O2/c1-10(14-12(16)13-8-9-15)6-7-11-4-2-3-5-11/h10-11,15H,2-9H2,1H3,(H2,13,14,16). The smallest absolute Gasteiger partial charge is 0.315 e. The van der Waals surface area contributed by atoms with Gasteiger partial charge in [0.1, 0.15) is 0 Å². The predicted molar refractivity (Wildman–Crippen MR) is 64.3 cm³/mol. The highest BCUT2D eigenvalue weighted by Gasteiger charge is 2.16. The first-order chi connectivity index (χ1) is 7.72. The van der Waals surface area contributed by atoms with Crippen LogP contribution in [0.1, 0.15) is 45.4 Å². The zero-order chi connectivity index (χ0) is 11.8. The minimum atomic E-state index is -0.173. The molecule has 4 nitrogen and oxygen atoms in total. The van der Waals surface area contributed by atoms with E-state index in [1.165, 1.54) is 32.1 Å². The first kappa shape index (κ1) is 13.3. The molecule has 0 aliphatic heterocycles. The number of aliphatic hydroxyl groups is 1. The van der Waals surface area contributed by atoms with Gasteiger partial charge in [0.2, 0.25) is 0 Å². The highest BCUT2D eigenvalue weighted by Crippen LogP contribution is 2.28. The molecule has 1 rings (SSSR count). The van der Waals surface area contributed by atoms with E-state index in [1.807, 2.05) is 6.92 Å². The highest BCUT2D eigenvalue weighted by molar-refractivity contribution is 5.74. The van der Waals surface area contributed by atoms with Crippen molar-refractivity contribution in [1.82, 2.24) is 10.6 Å². The Morgan fingerprint density at radius 2 is 2.12 bits per heavy atom. The fraction of sp³-hybridized carbons (Fsp3) is 0.917. The molecule has 1 atom stereocenters. The van der Waals surface area contributed by atoms with Crippen molar-refractivity contribution in [3.8, 4) is 0 Å². The minimum Gasteiger partial charge on any atom is -0.395 e. The topological polar surface area (TPSA) is 61.4 Å². The van der Waals surface area contributed by atoms with Crippen LogP contribution in [0.3, 0.4) is 0 Å². The van der Waals surface area contributed by atoms with Crippen molar-refractivity contribution in [1.29, 1.82) is 0 Å². The van der Waals surface area contributed by atoms with E-state index in [1.54, 1.807) is 0 Å². The molecule has 16 heavy (non-hydrogen) atoms. The maximum absolute atomic E-state index is 11.3. The molecule has 4 heteroatoms. The van der Waals surface area contributed by atoms with Gasteiger partial charge >= 0.3 is 6.03 Å². The number of amides is 2. The van der Waals surface area contributed by atoms with Crippen LogP contribution >= 0.6 is 0 Å². The second kappa shape index (κ2) is 7.49. The number of nitrogens with one attached hydrogen (secondary N) is 2. The molecule has 1 fully saturated rings. The summed E-state index contributed by atoms with van der Waals surface area (Å²) in [6.45, 7) is 2.35. The van der Waals surface area contributed by atoms with Crippen molar-refractivity contribution in [2.24, 2.45) is 5.92 Å². The van der Waals surface area contributed by atoms with Gasteiger partial charge < -0.3 is 15.7 Å². The zero-order valence-electron chi connectivity index (χ0n) is 10.2. The Morgan fingerprint density at radius 3 is 2.75 bits per heavy atom. The Morgan fingerprint density at radius 1 is 1.44 bits per heavy atom. The quantitative estimate of drug-likeness (QED) is 0.647. The van der Waals surface area contributed by atoms with Gasteiger partial charge in [-0.2, -0.15) is 0 Å². The lowest BCUT2D eigenvalue weighted by Crippen LogP contribution is -2.41. The summed E-state index contributed by atoms with van der Waals surface area (Å²) in [6.07, 6.45) is 7.76. The van der Waals surface area contributed by atoms with Gasteiger partial charge in [0, 0.05) is 12.6 Å². The molecule has 2 amide bonds. The SMILES string of the molecule is CC(CCC1CCCC1)NC(=O)NCCO. The molecule has 1 aliphatic rings. The predicted octanol–water partition coefficient (Wildman–Crippen LogP) is 1.64. The summed E-state index contributed by atoms with van der Waals surface area (Å²) >= 11 is 0. The first-order valence-corrected chi connectivity index (χ1v) is 6.37. The molecule has 3 N–H and O–H groups in total. The van der Waals surface area contributed by atoms with E-state index < -0.39 is 0 Å². The molecule has 0 heterocycles. The lowest BCUT2D eigenvalue weighted by molar-refractivity contribution is 0.230. The number of hydrogen-bond donors (Lipinski definition) is 3.